The Bertz CT molecular complexity index is 855. The number of amides is 1. The molecule has 1 atom stereocenters. The van der Waals surface area contributed by atoms with E-state index in [4.69, 9.17) is 10.5 Å². The van der Waals surface area contributed by atoms with Gasteiger partial charge in [0.05, 0.1) is 5.39 Å². The summed E-state index contributed by atoms with van der Waals surface area (Å²) in [5.74, 6) is 0.608. The summed E-state index contributed by atoms with van der Waals surface area (Å²) >= 11 is 1.71. The molecule has 0 bridgehead atoms. The molecule has 27 heavy (non-hydrogen) atoms. The number of ether oxygens (including phenoxy) is 1. The van der Waals surface area contributed by atoms with Crippen LogP contribution in [0, 0.1) is 0 Å². The van der Waals surface area contributed by atoms with Gasteiger partial charge in [-0.05, 0) is 71.0 Å². The number of aryl methyl sites for hydroxylation is 1. The smallest absolute Gasteiger partial charge is 0.225 e. The number of hydrogen-bond donors (Lipinski definition) is 1. The highest BCUT2D eigenvalue weighted by Crippen LogP contribution is 2.47. The van der Waals surface area contributed by atoms with E-state index < -0.39 is 0 Å². The van der Waals surface area contributed by atoms with Crippen LogP contribution in [0.15, 0.2) is 6.33 Å². The second-order valence-corrected chi connectivity index (χ2v) is 9.50. The highest BCUT2D eigenvalue weighted by Gasteiger charge is 2.35. The lowest BCUT2D eigenvalue weighted by molar-refractivity contribution is -0.118. The Hall–Kier alpha value is -1.73. The highest BCUT2D eigenvalue weighted by atomic mass is 32.1. The zero-order valence-electron chi connectivity index (χ0n) is 16.3. The normalized spacial score (nSPS) is 27.9. The van der Waals surface area contributed by atoms with Crippen LogP contribution >= 0.6 is 11.3 Å². The van der Waals surface area contributed by atoms with Gasteiger partial charge in [0.25, 0.3) is 0 Å². The maximum Gasteiger partial charge on any atom is 0.225 e. The molecule has 2 aromatic heterocycles. The lowest BCUT2D eigenvalue weighted by atomic mass is 9.81. The van der Waals surface area contributed by atoms with Crippen molar-refractivity contribution in [2.75, 3.05) is 14.1 Å². The van der Waals surface area contributed by atoms with E-state index in [0.29, 0.717) is 12.3 Å². The van der Waals surface area contributed by atoms with Gasteiger partial charge in [-0.25, -0.2) is 9.97 Å². The fourth-order valence-electron chi connectivity index (χ4n) is 4.51. The zero-order chi connectivity index (χ0) is 19.2. The van der Waals surface area contributed by atoms with Crippen LogP contribution in [0.25, 0.3) is 10.2 Å². The molecule has 2 aliphatic rings. The first-order chi connectivity index (χ1) is 12.9. The molecule has 0 saturated heterocycles. The molecule has 1 fully saturated rings. The van der Waals surface area contributed by atoms with Gasteiger partial charge in [-0.15, -0.1) is 11.3 Å². The Morgan fingerprint density at radius 2 is 2.07 bits per heavy atom. The minimum Gasteiger partial charge on any atom is -0.474 e. The molecule has 4 rings (SSSR count). The van der Waals surface area contributed by atoms with Crippen molar-refractivity contribution in [2.24, 2.45) is 5.73 Å². The largest absolute Gasteiger partial charge is 0.474 e. The van der Waals surface area contributed by atoms with Gasteiger partial charge in [0, 0.05) is 16.8 Å². The van der Waals surface area contributed by atoms with Gasteiger partial charge in [-0.2, -0.15) is 0 Å². The summed E-state index contributed by atoms with van der Waals surface area (Å²) in [5, 5.41) is 1.02. The predicted octanol–water partition coefficient (Wildman–Crippen LogP) is 3.24. The van der Waals surface area contributed by atoms with E-state index in [9.17, 15) is 4.79 Å². The van der Waals surface area contributed by atoms with E-state index in [1.165, 1.54) is 10.4 Å². The number of hydrogen-bond acceptors (Lipinski definition) is 6. The van der Waals surface area contributed by atoms with Gasteiger partial charge in [0.2, 0.25) is 11.8 Å². The van der Waals surface area contributed by atoms with Crippen molar-refractivity contribution in [2.45, 2.75) is 69.4 Å². The maximum atomic E-state index is 11.5. The van der Waals surface area contributed by atoms with Gasteiger partial charge in [0.15, 0.2) is 0 Å². The summed E-state index contributed by atoms with van der Waals surface area (Å²) in [7, 11) is 4.31. The van der Waals surface area contributed by atoms with Crippen molar-refractivity contribution in [1.29, 1.82) is 0 Å². The molecule has 1 amide bonds. The second-order valence-electron chi connectivity index (χ2n) is 8.41. The van der Waals surface area contributed by atoms with Gasteiger partial charge < -0.3 is 15.4 Å². The van der Waals surface area contributed by atoms with Crippen LogP contribution in [0.5, 0.6) is 5.88 Å². The van der Waals surface area contributed by atoms with Gasteiger partial charge in [-0.3, -0.25) is 4.79 Å². The first kappa shape index (κ1) is 18.6. The van der Waals surface area contributed by atoms with E-state index in [1.807, 2.05) is 0 Å². The highest BCUT2D eigenvalue weighted by molar-refractivity contribution is 7.19. The molecule has 2 aliphatic carbocycles. The number of aromatic nitrogens is 2. The summed E-state index contributed by atoms with van der Waals surface area (Å²) in [6.07, 6.45) is 8.40. The van der Waals surface area contributed by atoms with Crippen molar-refractivity contribution < 1.29 is 9.53 Å². The van der Waals surface area contributed by atoms with Crippen LogP contribution in [0.4, 0.5) is 0 Å². The number of fused-ring (bicyclic) bond motifs is 3. The number of rotatable bonds is 5. The Labute approximate surface area is 164 Å². The third-order valence-electron chi connectivity index (χ3n) is 6.51. The summed E-state index contributed by atoms with van der Waals surface area (Å²) in [6.45, 7) is 2.33. The summed E-state index contributed by atoms with van der Waals surface area (Å²) in [4.78, 5) is 25.0. The summed E-state index contributed by atoms with van der Waals surface area (Å²) in [5.41, 5.74) is 6.93. The quantitative estimate of drug-likeness (QED) is 0.850. The molecular weight excluding hydrogens is 360 g/mol. The zero-order valence-corrected chi connectivity index (χ0v) is 17.1. The van der Waals surface area contributed by atoms with E-state index in [1.54, 1.807) is 17.7 Å². The fourth-order valence-corrected chi connectivity index (χ4v) is 5.74. The molecular formula is C20H28N4O2S. The molecule has 0 radical (unpaired) electrons. The van der Waals surface area contributed by atoms with Gasteiger partial charge in [0.1, 0.15) is 17.3 Å². The summed E-state index contributed by atoms with van der Waals surface area (Å²) in [6, 6.07) is 0. The number of carbonyl (C=O) groups is 1. The van der Waals surface area contributed by atoms with Crippen LogP contribution in [0.1, 0.15) is 61.8 Å². The molecule has 0 aromatic carbocycles. The number of thiophene rings is 1. The standard InChI is InChI=1S/C20H28N4O2S/c1-20(24(2)3)8-6-13(7-9-20)26-18-17-16-12(10-15(21)25)4-5-14(16)27-19(17)23-11-22-18/h11-13H,4-10H2,1-3H3,(H2,21,25)/t12-,13-,20-/m1/s1. The fraction of sp³-hybridized carbons (Fsp3) is 0.650. The molecule has 6 nitrogen and oxygen atoms in total. The van der Waals surface area contributed by atoms with Crippen LogP contribution in [0.3, 0.4) is 0 Å². The van der Waals surface area contributed by atoms with E-state index in [2.05, 4.69) is 35.9 Å². The Kier molecular flexibility index (Phi) is 4.84. The molecule has 0 aliphatic heterocycles. The van der Waals surface area contributed by atoms with Crippen molar-refractivity contribution in [1.82, 2.24) is 14.9 Å². The Morgan fingerprint density at radius 1 is 1.33 bits per heavy atom. The molecule has 146 valence electrons. The third-order valence-corrected chi connectivity index (χ3v) is 7.68. The predicted molar refractivity (Wildman–Crippen MR) is 107 cm³/mol. The monoisotopic (exact) mass is 388 g/mol. The van der Waals surface area contributed by atoms with E-state index in [-0.39, 0.29) is 23.5 Å². The number of nitrogens with two attached hydrogens (primary N) is 1. The van der Waals surface area contributed by atoms with Crippen molar-refractivity contribution in [3.8, 4) is 5.88 Å². The van der Waals surface area contributed by atoms with Crippen molar-refractivity contribution >= 4 is 27.5 Å². The number of nitrogens with zero attached hydrogens (tertiary/aromatic N) is 3. The average Bonchev–Trinajstić information content (AvgIpc) is 3.17. The van der Waals surface area contributed by atoms with Gasteiger partial charge >= 0.3 is 0 Å². The molecule has 0 unspecified atom stereocenters. The first-order valence-electron chi connectivity index (χ1n) is 9.76. The SMILES string of the molecule is CN(C)[C@]1(C)CC[C@@H](Oc2ncnc3sc4c(c23)[C@@H](CC(N)=O)CC4)CC1. The van der Waals surface area contributed by atoms with Gasteiger partial charge in [-0.1, -0.05) is 0 Å². The van der Waals surface area contributed by atoms with Crippen LogP contribution < -0.4 is 10.5 Å². The van der Waals surface area contributed by atoms with Crippen LogP contribution in [0.2, 0.25) is 0 Å². The summed E-state index contributed by atoms with van der Waals surface area (Å²) < 4.78 is 6.40. The number of primary amides is 1. The molecule has 2 heterocycles. The number of carbonyl (C=O) groups excluding carboxylic acids is 1. The topological polar surface area (TPSA) is 81.3 Å². The minimum atomic E-state index is -0.248. The second kappa shape index (κ2) is 7.02. The lowest BCUT2D eigenvalue weighted by Crippen LogP contribution is -2.46. The Balaban J connectivity index is 1.59. The van der Waals surface area contributed by atoms with Crippen molar-refractivity contribution in [3.05, 3.63) is 16.8 Å². The van der Waals surface area contributed by atoms with Crippen LogP contribution in [-0.2, 0) is 11.2 Å². The van der Waals surface area contributed by atoms with Crippen molar-refractivity contribution in [3.63, 3.8) is 0 Å². The van der Waals surface area contributed by atoms with Crippen LogP contribution in [-0.4, -0.2) is 46.5 Å². The molecule has 2 aromatic rings. The minimum absolute atomic E-state index is 0.169. The first-order valence-corrected chi connectivity index (χ1v) is 10.6. The Morgan fingerprint density at radius 3 is 2.74 bits per heavy atom. The molecule has 7 heteroatoms. The van der Waals surface area contributed by atoms with E-state index in [0.717, 1.165) is 48.7 Å². The third kappa shape index (κ3) is 3.43. The molecule has 0 spiro atoms. The molecule has 1 saturated carbocycles. The maximum absolute atomic E-state index is 11.5. The average molecular weight is 389 g/mol. The lowest BCUT2D eigenvalue weighted by Gasteiger charge is -2.42. The van der Waals surface area contributed by atoms with E-state index >= 15 is 0 Å². The molecule has 2 N–H and O–H groups in total.